The number of fused-ring (bicyclic) bond motifs is 2. The fraction of sp³-hybridized carbons (Fsp3) is 0.103. The summed E-state index contributed by atoms with van der Waals surface area (Å²) in [6, 6.07) is 24.8. The number of phenolic OH excluding ortho intramolecular Hbond substituents is 1. The lowest BCUT2D eigenvalue weighted by Gasteiger charge is -2.27. The molecule has 186 valence electrons. The first-order chi connectivity index (χ1) is 17.6. The Hall–Kier alpha value is -4.43. The molecule has 0 radical (unpaired) electrons. The number of phenols is 1. The third kappa shape index (κ3) is 4.47. The average Bonchev–Trinajstić information content (AvgIpc) is 2.96. The van der Waals surface area contributed by atoms with Gasteiger partial charge < -0.3 is 15.7 Å². The highest BCUT2D eigenvalue weighted by atomic mass is 32.2. The molecule has 1 aliphatic rings. The molecule has 0 aliphatic carbocycles. The largest absolute Gasteiger partial charge is 0.508 e. The molecule has 4 aromatic rings. The summed E-state index contributed by atoms with van der Waals surface area (Å²) in [6.07, 6.45) is 0. The summed E-state index contributed by atoms with van der Waals surface area (Å²) in [4.78, 5) is 25.8. The number of carbonyl (C=O) groups is 2. The van der Waals surface area contributed by atoms with Gasteiger partial charge in [-0.25, -0.2) is 8.42 Å². The van der Waals surface area contributed by atoms with Gasteiger partial charge in [0.2, 0.25) is 9.84 Å². The Morgan fingerprint density at radius 2 is 1.46 bits per heavy atom. The van der Waals surface area contributed by atoms with Gasteiger partial charge in [-0.3, -0.25) is 9.59 Å². The van der Waals surface area contributed by atoms with E-state index in [-0.39, 0.29) is 32.4 Å². The van der Waals surface area contributed by atoms with E-state index in [0.717, 1.165) is 16.7 Å². The molecule has 4 aromatic carbocycles. The molecule has 0 atom stereocenters. The fourth-order valence-corrected chi connectivity index (χ4v) is 5.95. The predicted octanol–water partition coefficient (Wildman–Crippen LogP) is 5.12. The molecule has 37 heavy (non-hydrogen) atoms. The van der Waals surface area contributed by atoms with Crippen LogP contribution in [0, 0.1) is 0 Å². The number of hydrogen-bond acceptors (Lipinski definition) is 5. The average molecular weight is 513 g/mol. The van der Waals surface area contributed by atoms with Crippen LogP contribution >= 0.6 is 0 Å². The van der Waals surface area contributed by atoms with Gasteiger partial charge >= 0.3 is 0 Å². The van der Waals surface area contributed by atoms with Crippen molar-refractivity contribution in [2.24, 2.45) is 0 Å². The first kappa shape index (κ1) is 24.3. The second-order valence-corrected chi connectivity index (χ2v) is 11.3. The molecule has 1 heterocycles. The topological polar surface area (TPSA) is 113 Å². The van der Waals surface area contributed by atoms with Gasteiger partial charge in [0.05, 0.1) is 26.6 Å². The van der Waals surface area contributed by atoms with Gasteiger partial charge in [-0.2, -0.15) is 0 Å². The summed E-state index contributed by atoms with van der Waals surface area (Å²) in [7, 11) is -3.95. The van der Waals surface area contributed by atoms with Crippen LogP contribution in [0.3, 0.4) is 0 Å². The standard InChI is InChI=1S/C29H24N2O5S/c1-29(2,21-12-7-18(8-13-21)19-9-14-22(32)15-10-19)31-27(33)20-11-16-26-24(17-20)30-28(34)23-5-3-4-6-25(23)37(26,35)36/h3-17,32H,1-2H3,(H,30,34)(H,31,33). The van der Waals surface area contributed by atoms with E-state index in [4.69, 9.17) is 0 Å². The molecule has 0 aromatic heterocycles. The number of rotatable bonds is 4. The van der Waals surface area contributed by atoms with Crippen LogP contribution in [0.2, 0.25) is 0 Å². The van der Waals surface area contributed by atoms with E-state index >= 15 is 0 Å². The van der Waals surface area contributed by atoms with Gasteiger partial charge in [-0.05, 0) is 73.0 Å². The van der Waals surface area contributed by atoms with E-state index in [1.54, 1.807) is 24.3 Å². The van der Waals surface area contributed by atoms with Gasteiger partial charge in [-0.1, -0.05) is 48.5 Å². The molecule has 7 nitrogen and oxygen atoms in total. The maximum Gasteiger partial charge on any atom is 0.257 e. The number of anilines is 1. The summed E-state index contributed by atoms with van der Waals surface area (Å²) in [5.41, 5.74) is 2.37. The van der Waals surface area contributed by atoms with Crippen molar-refractivity contribution in [1.82, 2.24) is 5.32 Å². The van der Waals surface area contributed by atoms with Crippen molar-refractivity contribution < 1.29 is 23.1 Å². The number of sulfone groups is 1. The SMILES string of the molecule is CC(C)(NC(=O)c1ccc2c(c1)NC(=O)c1ccccc1S2(=O)=O)c1ccc(-c2ccc(O)cc2)cc1. The number of benzene rings is 4. The molecule has 0 unspecified atom stereocenters. The minimum Gasteiger partial charge on any atom is -0.508 e. The zero-order valence-corrected chi connectivity index (χ0v) is 21.0. The monoisotopic (exact) mass is 512 g/mol. The zero-order valence-electron chi connectivity index (χ0n) is 20.1. The zero-order chi connectivity index (χ0) is 26.4. The predicted molar refractivity (Wildman–Crippen MR) is 140 cm³/mol. The molecule has 5 rings (SSSR count). The number of amides is 2. The Balaban J connectivity index is 1.40. The van der Waals surface area contributed by atoms with Crippen LogP contribution in [0.25, 0.3) is 11.1 Å². The third-order valence-corrected chi connectivity index (χ3v) is 8.30. The Labute approximate surface area is 214 Å². The summed E-state index contributed by atoms with van der Waals surface area (Å²) < 4.78 is 26.4. The first-order valence-electron chi connectivity index (χ1n) is 11.6. The van der Waals surface area contributed by atoms with Gasteiger partial charge in [0.25, 0.3) is 11.8 Å². The van der Waals surface area contributed by atoms with Gasteiger partial charge in [0.1, 0.15) is 5.75 Å². The Morgan fingerprint density at radius 3 is 2.14 bits per heavy atom. The Bertz CT molecular complexity index is 1640. The maximum atomic E-state index is 13.2. The molecular weight excluding hydrogens is 488 g/mol. The molecule has 0 saturated heterocycles. The maximum absolute atomic E-state index is 13.2. The van der Waals surface area contributed by atoms with Crippen molar-refractivity contribution in [1.29, 1.82) is 0 Å². The van der Waals surface area contributed by atoms with Crippen LogP contribution in [0.15, 0.2) is 101 Å². The second kappa shape index (κ2) is 8.90. The van der Waals surface area contributed by atoms with E-state index in [1.165, 1.54) is 30.3 Å². The normalized spacial score (nSPS) is 14.1. The highest BCUT2D eigenvalue weighted by Crippen LogP contribution is 2.34. The van der Waals surface area contributed by atoms with Gasteiger partial charge in [0.15, 0.2) is 0 Å². The smallest absolute Gasteiger partial charge is 0.257 e. The summed E-state index contributed by atoms with van der Waals surface area (Å²) >= 11 is 0. The molecule has 0 saturated carbocycles. The number of carbonyl (C=O) groups excluding carboxylic acids is 2. The lowest BCUT2D eigenvalue weighted by atomic mass is 9.92. The van der Waals surface area contributed by atoms with Crippen LogP contribution in [-0.4, -0.2) is 25.3 Å². The lowest BCUT2D eigenvalue weighted by Crippen LogP contribution is -2.41. The molecule has 2 amide bonds. The molecular formula is C29H24N2O5S. The van der Waals surface area contributed by atoms with Crippen molar-refractivity contribution in [3.8, 4) is 16.9 Å². The minimum absolute atomic E-state index is 0.0570. The van der Waals surface area contributed by atoms with E-state index in [1.807, 2.05) is 50.2 Å². The Kier molecular flexibility index (Phi) is 5.84. The van der Waals surface area contributed by atoms with Gasteiger partial charge in [0, 0.05) is 5.56 Å². The number of aromatic hydroxyl groups is 1. The summed E-state index contributed by atoms with van der Waals surface area (Å²) in [5.74, 6) is -0.767. The summed E-state index contributed by atoms with van der Waals surface area (Å²) in [5, 5.41) is 15.1. The van der Waals surface area contributed by atoms with Gasteiger partial charge in [-0.15, -0.1) is 0 Å². The van der Waals surface area contributed by atoms with Crippen molar-refractivity contribution in [2.75, 3.05) is 5.32 Å². The summed E-state index contributed by atoms with van der Waals surface area (Å²) in [6.45, 7) is 3.74. The Morgan fingerprint density at radius 1 is 0.838 bits per heavy atom. The lowest BCUT2D eigenvalue weighted by molar-refractivity contribution is 0.0911. The van der Waals surface area contributed by atoms with Crippen LogP contribution in [0.5, 0.6) is 5.75 Å². The molecule has 8 heteroatoms. The second-order valence-electron chi connectivity index (χ2n) is 9.37. The van der Waals surface area contributed by atoms with Crippen LogP contribution in [0.4, 0.5) is 5.69 Å². The fourth-order valence-electron chi connectivity index (χ4n) is 4.36. The number of hydrogen-bond donors (Lipinski definition) is 3. The molecule has 3 N–H and O–H groups in total. The molecule has 1 aliphatic heterocycles. The molecule has 0 fully saturated rings. The van der Waals surface area contributed by atoms with Crippen molar-refractivity contribution in [3.05, 3.63) is 108 Å². The third-order valence-electron chi connectivity index (χ3n) is 6.43. The van der Waals surface area contributed by atoms with E-state index in [2.05, 4.69) is 10.6 Å². The number of nitrogens with one attached hydrogen (secondary N) is 2. The highest BCUT2D eigenvalue weighted by Gasteiger charge is 2.32. The quantitative estimate of drug-likeness (QED) is 0.351. The van der Waals surface area contributed by atoms with Crippen LogP contribution in [-0.2, 0) is 15.4 Å². The van der Waals surface area contributed by atoms with Crippen LogP contribution < -0.4 is 10.6 Å². The minimum atomic E-state index is -3.95. The van der Waals surface area contributed by atoms with Crippen molar-refractivity contribution in [2.45, 2.75) is 29.2 Å². The van der Waals surface area contributed by atoms with E-state index in [9.17, 15) is 23.1 Å². The van der Waals surface area contributed by atoms with Crippen LogP contribution in [0.1, 0.15) is 40.1 Å². The molecule has 0 spiro atoms. The van der Waals surface area contributed by atoms with Crippen molar-refractivity contribution >= 4 is 27.3 Å². The van der Waals surface area contributed by atoms with Crippen molar-refractivity contribution in [3.63, 3.8) is 0 Å². The first-order valence-corrected chi connectivity index (χ1v) is 13.1. The van der Waals surface area contributed by atoms with E-state index < -0.39 is 27.2 Å². The van der Waals surface area contributed by atoms with E-state index in [0.29, 0.717) is 0 Å². The highest BCUT2D eigenvalue weighted by molar-refractivity contribution is 7.91. The molecule has 0 bridgehead atoms.